The number of hydrogen-bond donors (Lipinski definition) is 1. The number of benzene rings is 3. The number of rotatable bonds is 7. The van der Waals surface area contributed by atoms with Crippen LogP contribution in [0, 0.1) is 34.1 Å². The SMILES string of the molecule is Cc1ccc(C(Cc2ccccc2)=NNc2ccc([N+](=O)[O-])cc2[N+](=O)[O-])c(C)c1. The zero-order chi connectivity index (χ0) is 21.7. The van der Waals surface area contributed by atoms with Gasteiger partial charge in [0.05, 0.1) is 21.6 Å². The molecule has 30 heavy (non-hydrogen) atoms. The van der Waals surface area contributed by atoms with E-state index in [9.17, 15) is 20.2 Å². The Kier molecular flexibility index (Phi) is 6.17. The first-order valence-corrected chi connectivity index (χ1v) is 9.22. The van der Waals surface area contributed by atoms with Gasteiger partial charge in [0, 0.05) is 18.1 Å². The molecule has 0 spiro atoms. The van der Waals surface area contributed by atoms with E-state index in [0.717, 1.165) is 28.3 Å². The number of hydrazone groups is 1. The number of hydrogen-bond acceptors (Lipinski definition) is 6. The second kappa shape index (κ2) is 8.95. The smallest absolute Gasteiger partial charge is 0.271 e. The third kappa shape index (κ3) is 4.85. The minimum atomic E-state index is -0.670. The third-order valence-corrected chi connectivity index (χ3v) is 4.61. The lowest BCUT2D eigenvalue weighted by Crippen LogP contribution is -2.11. The van der Waals surface area contributed by atoms with Gasteiger partial charge in [0.15, 0.2) is 0 Å². The number of non-ortho nitro benzene ring substituents is 1. The second-order valence-electron chi connectivity index (χ2n) is 6.87. The summed E-state index contributed by atoms with van der Waals surface area (Å²) < 4.78 is 0. The number of nitro groups is 2. The first-order valence-electron chi connectivity index (χ1n) is 9.22. The summed E-state index contributed by atoms with van der Waals surface area (Å²) in [5, 5.41) is 26.8. The molecular formula is C22H20N4O4. The lowest BCUT2D eigenvalue weighted by molar-refractivity contribution is -0.393. The summed E-state index contributed by atoms with van der Waals surface area (Å²) in [5.74, 6) is 0. The van der Waals surface area contributed by atoms with Gasteiger partial charge >= 0.3 is 5.69 Å². The average molecular weight is 404 g/mol. The van der Waals surface area contributed by atoms with Crippen LogP contribution in [0.15, 0.2) is 71.8 Å². The summed E-state index contributed by atoms with van der Waals surface area (Å²) in [6, 6.07) is 19.2. The van der Waals surface area contributed by atoms with Crippen molar-refractivity contribution < 1.29 is 9.85 Å². The van der Waals surface area contributed by atoms with Crippen molar-refractivity contribution in [3.63, 3.8) is 0 Å². The van der Waals surface area contributed by atoms with Crippen molar-refractivity contribution in [3.8, 4) is 0 Å². The molecule has 0 saturated carbocycles. The van der Waals surface area contributed by atoms with Gasteiger partial charge in [-0.2, -0.15) is 5.10 Å². The number of aryl methyl sites for hydroxylation is 2. The Morgan fingerprint density at radius 1 is 0.933 bits per heavy atom. The fraction of sp³-hybridized carbons (Fsp3) is 0.136. The van der Waals surface area contributed by atoms with Gasteiger partial charge in [0.25, 0.3) is 5.69 Å². The number of anilines is 1. The summed E-state index contributed by atoms with van der Waals surface area (Å²) in [6.45, 7) is 3.99. The first-order chi connectivity index (χ1) is 14.3. The summed E-state index contributed by atoms with van der Waals surface area (Å²) in [4.78, 5) is 21.0. The molecule has 3 aromatic rings. The van der Waals surface area contributed by atoms with Gasteiger partial charge in [-0.15, -0.1) is 0 Å². The van der Waals surface area contributed by atoms with Gasteiger partial charge in [0.2, 0.25) is 0 Å². The highest BCUT2D eigenvalue weighted by Gasteiger charge is 2.19. The van der Waals surface area contributed by atoms with E-state index in [0.29, 0.717) is 12.1 Å². The Hall–Kier alpha value is -4.07. The van der Waals surface area contributed by atoms with Crippen LogP contribution in [0.25, 0.3) is 0 Å². The van der Waals surface area contributed by atoms with Gasteiger partial charge in [0.1, 0.15) is 5.69 Å². The molecule has 8 nitrogen and oxygen atoms in total. The zero-order valence-electron chi connectivity index (χ0n) is 16.5. The van der Waals surface area contributed by atoms with E-state index >= 15 is 0 Å². The van der Waals surface area contributed by atoms with Gasteiger partial charge in [-0.1, -0.05) is 54.1 Å². The van der Waals surface area contributed by atoms with E-state index in [1.54, 1.807) is 0 Å². The molecule has 1 N–H and O–H groups in total. The largest absolute Gasteiger partial charge is 0.301 e. The maximum absolute atomic E-state index is 11.4. The molecule has 0 aromatic heterocycles. The molecule has 0 bridgehead atoms. The summed E-state index contributed by atoms with van der Waals surface area (Å²) in [5.41, 5.74) is 6.88. The fourth-order valence-corrected chi connectivity index (χ4v) is 3.13. The minimum absolute atomic E-state index is 0.0842. The Bertz CT molecular complexity index is 1130. The van der Waals surface area contributed by atoms with E-state index in [1.165, 1.54) is 12.1 Å². The van der Waals surface area contributed by atoms with Crippen LogP contribution >= 0.6 is 0 Å². The van der Waals surface area contributed by atoms with E-state index in [-0.39, 0.29) is 11.4 Å². The molecule has 0 fully saturated rings. The Balaban J connectivity index is 2.01. The fourth-order valence-electron chi connectivity index (χ4n) is 3.13. The van der Waals surface area contributed by atoms with Crippen molar-refractivity contribution in [1.82, 2.24) is 0 Å². The van der Waals surface area contributed by atoms with Crippen molar-refractivity contribution in [2.45, 2.75) is 20.3 Å². The molecule has 0 aliphatic heterocycles. The van der Waals surface area contributed by atoms with Crippen molar-refractivity contribution in [1.29, 1.82) is 0 Å². The van der Waals surface area contributed by atoms with E-state index in [4.69, 9.17) is 0 Å². The van der Waals surface area contributed by atoms with E-state index < -0.39 is 15.5 Å². The molecule has 8 heteroatoms. The van der Waals surface area contributed by atoms with Crippen LogP contribution < -0.4 is 5.43 Å². The lowest BCUT2D eigenvalue weighted by atomic mass is 9.97. The summed E-state index contributed by atoms with van der Waals surface area (Å²) in [7, 11) is 0. The number of nitro benzene ring substituents is 2. The predicted octanol–water partition coefficient (Wildman–Crippen LogP) is 5.18. The second-order valence-corrected chi connectivity index (χ2v) is 6.87. The topological polar surface area (TPSA) is 111 Å². The quantitative estimate of drug-likeness (QED) is 0.331. The molecule has 0 aliphatic carbocycles. The van der Waals surface area contributed by atoms with Crippen LogP contribution in [0.5, 0.6) is 0 Å². The molecule has 0 amide bonds. The molecule has 3 aromatic carbocycles. The van der Waals surface area contributed by atoms with Crippen molar-refractivity contribution in [2.75, 3.05) is 5.43 Å². The van der Waals surface area contributed by atoms with E-state index in [2.05, 4.69) is 10.5 Å². The van der Waals surface area contributed by atoms with E-state index in [1.807, 2.05) is 62.4 Å². The molecular weight excluding hydrogens is 384 g/mol. The van der Waals surface area contributed by atoms with Crippen LogP contribution in [-0.2, 0) is 6.42 Å². The maximum Gasteiger partial charge on any atom is 0.301 e. The van der Waals surface area contributed by atoms with Crippen LogP contribution in [-0.4, -0.2) is 15.6 Å². The Morgan fingerprint density at radius 2 is 1.67 bits per heavy atom. The molecule has 0 heterocycles. The molecule has 0 atom stereocenters. The predicted molar refractivity (Wildman–Crippen MR) is 116 cm³/mol. The highest BCUT2D eigenvalue weighted by atomic mass is 16.6. The molecule has 0 radical (unpaired) electrons. The molecule has 0 aliphatic rings. The monoisotopic (exact) mass is 404 g/mol. The van der Waals surface area contributed by atoms with Gasteiger partial charge in [-0.3, -0.25) is 25.7 Å². The Labute approximate surface area is 173 Å². The highest BCUT2D eigenvalue weighted by Crippen LogP contribution is 2.29. The van der Waals surface area contributed by atoms with Gasteiger partial charge in [-0.05, 0) is 31.0 Å². The van der Waals surface area contributed by atoms with Gasteiger partial charge < -0.3 is 0 Å². The van der Waals surface area contributed by atoms with Crippen molar-refractivity contribution in [2.24, 2.45) is 5.10 Å². The third-order valence-electron chi connectivity index (χ3n) is 4.61. The lowest BCUT2D eigenvalue weighted by Gasteiger charge is -2.12. The van der Waals surface area contributed by atoms with Crippen LogP contribution in [0.4, 0.5) is 17.1 Å². The summed E-state index contributed by atoms with van der Waals surface area (Å²) >= 11 is 0. The highest BCUT2D eigenvalue weighted by molar-refractivity contribution is 6.03. The summed E-state index contributed by atoms with van der Waals surface area (Å²) in [6.07, 6.45) is 0.512. The molecule has 152 valence electrons. The Morgan fingerprint density at radius 3 is 2.30 bits per heavy atom. The van der Waals surface area contributed by atoms with Crippen molar-refractivity contribution in [3.05, 3.63) is 109 Å². The van der Waals surface area contributed by atoms with Gasteiger partial charge in [-0.25, -0.2) is 0 Å². The standard InChI is InChI=1S/C22H20N4O4/c1-15-8-10-19(16(2)12-15)21(13-17-6-4-3-5-7-17)24-23-20-11-9-18(25(27)28)14-22(20)26(29)30/h3-12,14,23H,13H2,1-2H3. The maximum atomic E-state index is 11.4. The van der Waals surface area contributed by atoms with Crippen LogP contribution in [0.2, 0.25) is 0 Å². The molecule has 0 unspecified atom stereocenters. The van der Waals surface area contributed by atoms with Crippen LogP contribution in [0.1, 0.15) is 22.3 Å². The number of nitrogens with zero attached hydrogens (tertiary/aromatic N) is 3. The molecule has 3 rings (SSSR count). The average Bonchev–Trinajstić information content (AvgIpc) is 2.72. The normalized spacial score (nSPS) is 11.2. The van der Waals surface area contributed by atoms with Crippen LogP contribution in [0.3, 0.4) is 0 Å². The minimum Gasteiger partial charge on any atom is -0.271 e. The zero-order valence-corrected chi connectivity index (χ0v) is 16.5. The number of nitrogens with one attached hydrogen (secondary N) is 1. The first kappa shape index (κ1) is 20.7. The van der Waals surface area contributed by atoms with Crippen molar-refractivity contribution >= 4 is 22.8 Å². The molecule has 0 saturated heterocycles.